The zero-order valence-corrected chi connectivity index (χ0v) is 27.8. The first-order chi connectivity index (χ1) is 20.6. The summed E-state index contributed by atoms with van der Waals surface area (Å²) in [6, 6.07) is 19.9. The summed E-state index contributed by atoms with van der Waals surface area (Å²) in [5.74, 6) is 0.187. The van der Waals surface area contributed by atoms with E-state index < -0.39 is 10.0 Å². The van der Waals surface area contributed by atoms with Gasteiger partial charge >= 0.3 is 0 Å². The van der Waals surface area contributed by atoms with E-state index in [9.17, 15) is 8.42 Å². The average Bonchev–Trinajstić information content (AvgIpc) is 3.01. The summed E-state index contributed by atoms with van der Waals surface area (Å²) in [6.07, 6.45) is 23.6. The largest absolute Gasteiger partial charge is 0.308 e. The number of nitrogens with one attached hydrogen (secondary N) is 2. The Morgan fingerprint density at radius 1 is 0.500 bits per heavy atom. The van der Waals surface area contributed by atoms with E-state index in [4.69, 9.17) is 0 Å². The van der Waals surface area contributed by atoms with E-state index in [0.717, 1.165) is 36.9 Å². The van der Waals surface area contributed by atoms with Crippen LogP contribution in [-0.4, -0.2) is 20.7 Å². The van der Waals surface area contributed by atoms with Gasteiger partial charge in [-0.2, -0.15) is 0 Å². The van der Waals surface area contributed by atoms with Gasteiger partial charge in [0, 0.05) is 0 Å². The van der Waals surface area contributed by atoms with E-state index in [1.54, 1.807) is 0 Å². The first kappa shape index (κ1) is 36.5. The first-order valence-electron chi connectivity index (χ1n) is 17.4. The molecule has 2 N–H and O–H groups in total. The maximum absolute atomic E-state index is 13.4. The maximum Gasteiger partial charge on any atom is 0.212 e. The van der Waals surface area contributed by atoms with E-state index in [1.165, 1.54) is 96.3 Å². The lowest BCUT2D eigenvalue weighted by Gasteiger charge is -2.30. The summed E-state index contributed by atoms with van der Waals surface area (Å²) in [4.78, 5) is 0. The lowest BCUT2D eigenvalue weighted by atomic mass is 9.94. The lowest BCUT2D eigenvalue weighted by Crippen LogP contribution is -2.39. The fourth-order valence-corrected chi connectivity index (χ4v) is 7.16. The van der Waals surface area contributed by atoms with Gasteiger partial charge in [-0.1, -0.05) is 184 Å². The Hall–Kier alpha value is -1.69. The van der Waals surface area contributed by atoms with Crippen LogP contribution in [0.2, 0.25) is 0 Å². The quantitative estimate of drug-likeness (QED) is 0.101. The van der Waals surface area contributed by atoms with Gasteiger partial charge in [-0.25, -0.2) is 13.1 Å². The second kappa shape index (κ2) is 23.7. The minimum Gasteiger partial charge on any atom is -0.308 e. The summed E-state index contributed by atoms with van der Waals surface area (Å²) in [5.41, 5.74) is 2.11. The van der Waals surface area contributed by atoms with Gasteiger partial charge in [-0.15, -0.1) is 0 Å². The molecule has 0 heterocycles. The van der Waals surface area contributed by atoms with Gasteiger partial charge in [0.25, 0.3) is 0 Å². The highest BCUT2D eigenvalue weighted by molar-refractivity contribution is 7.89. The molecule has 2 atom stereocenters. The Kier molecular flexibility index (Phi) is 20.6. The van der Waals surface area contributed by atoms with Crippen molar-refractivity contribution in [3.63, 3.8) is 0 Å². The van der Waals surface area contributed by atoms with Crippen LogP contribution in [-0.2, 0) is 10.0 Å². The van der Waals surface area contributed by atoms with Crippen molar-refractivity contribution in [1.82, 2.24) is 10.0 Å². The van der Waals surface area contributed by atoms with Crippen molar-refractivity contribution in [3.8, 4) is 0 Å². The monoisotopic (exact) mass is 598 g/mol. The summed E-state index contributed by atoms with van der Waals surface area (Å²) in [6.45, 7) is 5.39. The maximum atomic E-state index is 13.4. The number of benzene rings is 2. The van der Waals surface area contributed by atoms with Crippen molar-refractivity contribution < 1.29 is 8.42 Å². The van der Waals surface area contributed by atoms with E-state index in [-0.39, 0.29) is 17.8 Å². The molecule has 0 amide bonds. The zero-order chi connectivity index (χ0) is 30.1. The van der Waals surface area contributed by atoms with Crippen LogP contribution in [0, 0.1) is 0 Å². The molecule has 0 bridgehead atoms. The van der Waals surface area contributed by atoms with Gasteiger partial charge in [-0.3, -0.25) is 0 Å². The molecule has 0 saturated carbocycles. The molecule has 4 nitrogen and oxygen atoms in total. The average molecular weight is 599 g/mol. The number of rotatable bonds is 27. The Labute approximate surface area is 259 Å². The van der Waals surface area contributed by atoms with Crippen LogP contribution in [0.5, 0.6) is 0 Å². The van der Waals surface area contributed by atoms with Gasteiger partial charge < -0.3 is 5.32 Å². The van der Waals surface area contributed by atoms with Crippen LogP contribution in [0.25, 0.3) is 0 Å². The Balaban J connectivity index is 1.92. The Bertz CT molecular complexity index is 981. The summed E-state index contributed by atoms with van der Waals surface area (Å²) < 4.78 is 29.9. The molecule has 0 aliphatic rings. The van der Waals surface area contributed by atoms with Crippen molar-refractivity contribution in [2.45, 2.75) is 148 Å². The van der Waals surface area contributed by atoms with Crippen molar-refractivity contribution in [2.24, 2.45) is 0 Å². The minimum absolute atomic E-state index is 0.134. The molecule has 0 saturated heterocycles. The second-order valence-electron chi connectivity index (χ2n) is 12.2. The van der Waals surface area contributed by atoms with E-state index in [2.05, 4.69) is 36.0 Å². The SMILES string of the molecule is CCCCCCCCCCCCN[C@@H](c1ccccc1)[C@@H](NS(=O)(=O)CCCCCCCCCCC)c1ccccc1. The summed E-state index contributed by atoms with van der Waals surface area (Å²) >= 11 is 0. The van der Waals surface area contributed by atoms with E-state index in [0.29, 0.717) is 6.42 Å². The Morgan fingerprint density at radius 3 is 1.33 bits per heavy atom. The van der Waals surface area contributed by atoms with Gasteiger partial charge in [0.15, 0.2) is 0 Å². The third-order valence-corrected chi connectivity index (χ3v) is 9.81. The third-order valence-electron chi connectivity index (χ3n) is 8.37. The van der Waals surface area contributed by atoms with Crippen LogP contribution in [0.15, 0.2) is 60.7 Å². The van der Waals surface area contributed by atoms with Crippen molar-refractivity contribution in [2.75, 3.05) is 12.3 Å². The fraction of sp³-hybridized carbons (Fsp3) is 0.676. The van der Waals surface area contributed by atoms with Gasteiger partial charge in [0.05, 0.1) is 17.8 Å². The van der Waals surface area contributed by atoms with Crippen molar-refractivity contribution >= 4 is 10.0 Å². The topological polar surface area (TPSA) is 58.2 Å². The molecule has 238 valence electrons. The highest BCUT2D eigenvalue weighted by atomic mass is 32.2. The lowest BCUT2D eigenvalue weighted by molar-refractivity contribution is 0.414. The third kappa shape index (κ3) is 16.8. The molecular formula is C37H62N2O2S. The molecule has 0 aliphatic heterocycles. The van der Waals surface area contributed by atoms with E-state index in [1.807, 2.05) is 48.5 Å². The molecule has 0 fully saturated rings. The second-order valence-corrected chi connectivity index (χ2v) is 14.1. The van der Waals surface area contributed by atoms with Gasteiger partial charge in [-0.05, 0) is 30.5 Å². The molecule has 2 aromatic rings. The van der Waals surface area contributed by atoms with Crippen LogP contribution in [0.1, 0.15) is 159 Å². The van der Waals surface area contributed by atoms with Crippen LogP contribution in [0.3, 0.4) is 0 Å². The fourth-order valence-electron chi connectivity index (χ4n) is 5.80. The highest BCUT2D eigenvalue weighted by Gasteiger charge is 2.28. The van der Waals surface area contributed by atoms with E-state index >= 15 is 0 Å². The molecule has 0 aliphatic carbocycles. The predicted octanol–water partition coefficient (Wildman–Crippen LogP) is 10.4. The van der Waals surface area contributed by atoms with Gasteiger partial charge in [0.1, 0.15) is 0 Å². The molecule has 2 aromatic carbocycles. The Morgan fingerprint density at radius 2 is 0.881 bits per heavy atom. The predicted molar refractivity (Wildman–Crippen MR) is 182 cm³/mol. The number of hydrogen-bond donors (Lipinski definition) is 2. The summed E-state index contributed by atoms with van der Waals surface area (Å²) in [7, 11) is -3.43. The summed E-state index contributed by atoms with van der Waals surface area (Å²) in [5, 5.41) is 3.76. The normalized spacial score (nSPS) is 13.3. The number of hydrogen-bond acceptors (Lipinski definition) is 3. The van der Waals surface area contributed by atoms with Crippen molar-refractivity contribution in [1.29, 1.82) is 0 Å². The van der Waals surface area contributed by atoms with Crippen molar-refractivity contribution in [3.05, 3.63) is 71.8 Å². The number of unbranched alkanes of at least 4 members (excludes halogenated alkanes) is 17. The zero-order valence-electron chi connectivity index (χ0n) is 27.0. The standard InChI is InChI=1S/C37H62N2O2S/c1-3-5-7-9-11-13-14-16-18-26-32-38-36(34-28-22-20-23-29-34)37(35-30-24-21-25-31-35)39-42(40,41)33-27-19-17-15-12-10-8-6-4-2/h20-25,28-31,36-39H,3-19,26-27,32-33H2,1-2H3/t36-,37-/m0/s1. The van der Waals surface area contributed by atoms with Crippen LogP contribution < -0.4 is 10.0 Å². The molecular weight excluding hydrogens is 536 g/mol. The molecule has 0 aromatic heterocycles. The molecule has 5 heteroatoms. The minimum atomic E-state index is -3.43. The first-order valence-corrected chi connectivity index (χ1v) is 19.1. The highest BCUT2D eigenvalue weighted by Crippen LogP contribution is 2.30. The molecule has 2 rings (SSSR count). The molecule has 0 spiro atoms. The molecule has 42 heavy (non-hydrogen) atoms. The molecule has 0 radical (unpaired) electrons. The van der Waals surface area contributed by atoms with Gasteiger partial charge in [0.2, 0.25) is 10.0 Å². The van der Waals surface area contributed by atoms with Crippen LogP contribution >= 0.6 is 0 Å². The van der Waals surface area contributed by atoms with Crippen LogP contribution in [0.4, 0.5) is 0 Å². The molecule has 0 unspecified atom stereocenters. The smallest absolute Gasteiger partial charge is 0.212 e. The number of sulfonamides is 1.